The Kier molecular flexibility index (Phi) is 2.54. The van der Waals surface area contributed by atoms with Gasteiger partial charge in [-0.05, 0) is 6.92 Å². The summed E-state index contributed by atoms with van der Waals surface area (Å²) in [7, 11) is 0. The summed E-state index contributed by atoms with van der Waals surface area (Å²) in [6, 6.07) is 0. The highest BCUT2D eigenvalue weighted by atomic mass is 16.4. The van der Waals surface area contributed by atoms with E-state index in [0.717, 1.165) is 5.57 Å². The first-order chi connectivity index (χ1) is 6.29. The van der Waals surface area contributed by atoms with Gasteiger partial charge in [-0.15, -0.1) is 0 Å². The molecule has 0 aromatic carbocycles. The number of carbonyl (C=O) groups excluding carboxylic acids is 1. The van der Waals surface area contributed by atoms with Gasteiger partial charge in [-0.1, -0.05) is 37.6 Å². The Labute approximate surface area is 83.8 Å². The van der Waals surface area contributed by atoms with Gasteiger partial charge >= 0.3 is 0 Å². The summed E-state index contributed by atoms with van der Waals surface area (Å²) in [5, 5.41) is 20.7. The van der Waals surface area contributed by atoms with Crippen LogP contribution >= 0.6 is 0 Å². The molecule has 3 nitrogen and oxygen atoms in total. The number of rotatable bonds is 2. The first-order valence-electron chi connectivity index (χ1n) is 4.58. The van der Waals surface area contributed by atoms with Gasteiger partial charge in [0.2, 0.25) is 0 Å². The van der Waals surface area contributed by atoms with Crippen LogP contribution in [0.4, 0.5) is 0 Å². The number of carboxylic acid groups (broad SMARTS) is 1. The number of carbonyl (C=O) groups is 1. The Balaban J connectivity index is 3.05. The van der Waals surface area contributed by atoms with Crippen LogP contribution in [0.2, 0.25) is 0 Å². The number of allylic oxidation sites excluding steroid dienone is 2. The minimum absolute atomic E-state index is 0.373. The summed E-state index contributed by atoms with van der Waals surface area (Å²) in [4.78, 5) is 10.5. The molecule has 0 spiro atoms. The van der Waals surface area contributed by atoms with E-state index >= 15 is 0 Å². The first-order valence-corrected chi connectivity index (χ1v) is 4.58. The smallest absolute Gasteiger partial charge is 0.0970 e. The lowest BCUT2D eigenvalue weighted by Gasteiger charge is -2.43. The zero-order valence-electron chi connectivity index (χ0n) is 8.70. The molecule has 0 aromatic heterocycles. The van der Waals surface area contributed by atoms with Crippen LogP contribution in [0, 0.1) is 5.41 Å². The highest BCUT2D eigenvalue weighted by Crippen LogP contribution is 2.43. The fourth-order valence-corrected chi connectivity index (χ4v) is 1.61. The van der Waals surface area contributed by atoms with E-state index < -0.39 is 17.0 Å². The van der Waals surface area contributed by atoms with Gasteiger partial charge in [-0.2, -0.15) is 0 Å². The maximum Gasteiger partial charge on any atom is 0.0970 e. The maximum absolute atomic E-state index is 10.5. The summed E-state index contributed by atoms with van der Waals surface area (Å²) in [6.07, 6.45) is 4.71. The van der Waals surface area contributed by atoms with E-state index in [1.54, 1.807) is 6.08 Å². The molecule has 1 atom stereocenters. The third-order valence-corrected chi connectivity index (χ3v) is 3.20. The largest absolute Gasteiger partial charge is 0.550 e. The molecule has 14 heavy (non-hydrogen) atoms. The fraction of sp³-hybridized carbons (Fsp3) is 0.545. The maximum atomic E-state index is 10.5. The Hall–Kier alpha value is -1.09. The number of aliphatic hydroxyl groups is 1. The van der Waals surface area contributed by atoms with E-state index in [1.165, 1.54) is 6.08 Å². The quantitative estimate of drug-likeness (QED) is 0.693. The fourth-order valence-electron chi connectivity index (χ4n) is 1.61. The van der Waals surface area contributed by atoms with Crippen molar-refractivity contribution in [2.45, 2.75) is 32.8 Å². The van der Waals surface area contributed by atoms with E-state index in [1.807, 2.05) is 26.8 Å². The van der Waals surface area contributed by atoms with Crippen molar-refractivity contribution in [1.82, 2.24) is 0 Å². The number of hydrogen-bond acceptors (Lipinski definition) is 3. The second-order valence-corrected chi connectivity index (χ2v) is 4.31. The molecular weight excluding hydrogens is 180 g/mol. The van der Waals surface area contributed by atoms with Gasteiger partial charge in [0, 0.05) is 17.8 Å². The van der Waals surface area contributed by atoms with E-state index in [-0.39, 0.29) is 6.42 Å². The lowest BCUT2D eigenvalue weighted by Crippen LogP contribution is -2.48. The standard InChI is InChI=1S/C11H16O3/c1-8-5-4-6-11(14,7-9(12)13)10(8,2)3/h4-6,14H,7H2,1-3H3,(H,12,13)/p-1. The van der Waals surface area contributed by atoms with Crippen LogP contribution in [-0.4, -0.2) is 16.7 Å². The molecule has 0 bridgehead atoms. The normalized spacial score (nSPS) is 29.9. The Morgan fingerprint density at radius 3 is 2.64 bits per heavy atom. The van der Waals surface area contributed by atoms with Gasteiger partial charge in [0.1, 0.15) is 0 Å². The molecule has 0 aliphatic heterocycles. The summed E-state index contributed by atoms with van der Waals surface area (Å²) in [5.74, 6) is -1.24. The van der Waals surface area contributed by atoms with Gasteiger partial charge in [0.25, 0.3) is 0 Å². The molecule has 1 unspecified atom stereocenters. The molecule has 1 N–H and O–H groups in total. The van der Waals surface area contributed by atoms with Crippen LogP contribution in [-0.2, 0) is 4.79 Å². The van der Waals surface area contributed by atoms with Gasteiger partial charge in [-0.25, -0.2) is 0 Å². The van der Waals surface area contributed by atoms with Crippen LogP contribution in [0.1, 0.15) is 27.2 Å². The molecule has 0 saturated heterocycles. The molecular formula is C11H15O3-. The molecule has 0 aromatic rings. The molecule has 3 heteroatoms. The van der Waals surface area contributed by atoms with Crippen molar-refractivity contribution in [2.24, 2.45) is 5.41 Å². The third kappa shape index (κ3) is 1.60. The average Bonchev–Trinajstić information content (AvgIpc) is 1.99. The number of hydrogen-bond donors (Lipinski definition) is 1. The Bertz CT molecular complexity index is 312. The molecule has 0 saturated carbocycles. The molecule has 78 valence electrons. The first kappa shape index (κ1) is 11.0. The zero-order valence-corrected chi connectivity index (χ0v) is 8.70. The molecule has 1 aliphatic rings. The van der Waals surface area contributed by atoms with Gasteiger partial charge < -0.3 is 15.0 Å². The van der Waals surface area contributed by atoms with Gasteiger partial charge in [0.15, 0.2) is 0 Å². The lowest BCUT2D eigenvalue weighted by atomic mass is 9.66. The molecule has 0 heterocycles. The highest BCUT2D eigenvalue weighted by Gasteiger charge is 2.43. The van der Waals surface area contributed by atoms with E-state index in [0.29, 0.717) is 0 Å². The molecule has 0 amide bonds. The van der Waals surface area contributed by atoms with E-state index in [9.17, 15) is 15.0 Å². The van der Waals surface area contributed by atoms with Crippen molar-refractivity contribution in [2.75, 3.05) is 0 Å². The van der Waals surface area contributed by atoms with Crippen LogP contribution in [0.3, 0.4) is 0 Å². The minimum Gasteiger partial charge on any atom is -0.550 e. The van der Waals surface area contributed by atoms with Crippen molar-refractivity contribution in [3.05, 3.63) is 23.8 Å². The predicted octanol–water partition coefficient (Wildman–Crippen LogP) is 0.400. The second-order valence-electron chi connectivity index (χ2n) is 4.31. The highest BCUT2D eigenvalue weighted by molar-refractivity contribution is 5.67. The van der Waals surface area contributed by atoms with Crippen LogP contribution < -0.4 is 5.11 Å². The predicted molar refractivity (Wildman–Crippen MR) is 51.3 cm³/mol. The average molecular weight is 195 g/mol. The van der Waals surface area contributed by atoms with E-state index in [2.05, 4.69) is 0 Å². The van der Waals surface area contributed by atoms with Gasteiger partial charge in [-0.3, -0.25) is 0 Å². The summed E-state index contributed by atoms with van der Waals surface area (Å²) in [5.41, 5.74) is -0.948. The van der Waals surface area contributed by atoms with E-state index in [4.69, 9.17) is 0 Å². The Morgan fingerprint density at radius 2 is 2.14 bits per heavy atom. The number of aliphatic carboxylic acids is 1. The Morgan fingerprint density at radius 1 is 1.57 bits per heavy atom. The van der Waals surface area contributed by atoms with Crippen molar-refractivity contribution >= 4 is 5.97 Å². The zero-order chi connectivity index (χ0) is 11.0. The van der Waals surface area contributed by atoms with Crippen molar-refractivity contribution < 1.29 is 15.0 Å². The van der Waals surface area contributed by atoms with Crippen LogP contribution in [0.25, 0.3) is 0 Å². The topological polar surface area (TPSA) is 60.4 Å². The molecule has 1 rings (SSSR count). The molecule has 1 aliphatic carbocycles. The minimum atomic E-state index is -1.34. The lowest BCUT2D eigenvalue weighted by molar-refractivity contribution is -0.309. The van der Waals surface area contributed by atoms with Gasteiger partial charge in [0.05, 0.1) is 5.60 Å². The van der Waals surface area contributed by atoms with Crippen molar-refractivity contribution in [1.29, 1.82) is 0 Å². The third-order valence-electron chi connectivity index (χ3n) is 3.20. The second kappa shape index (κ2) is 3.24. The molecule has 0 radical (unpaired) electrons. The summed E-state index contributed by atoms with van der Waals surface area (Å²) >= 11 is 0. The van der Waals surface area contributed by atoms with Crippen LogP contribution in [0.15, 0.2) is 23.8 Å². The van der Waals surface area contributed by atoms with Crippen LogP contribution in [0.5, 0.6) is 0 Å². The molecule has 0 fully saturated rings. The van der Waals surface area contributed by atoms with Crippen molar-refractivity contribution in [3.63, 3.8) is 0 Å². The number of carboxylic acids is 1. The summed E-state index contributed by atoms with van der Waals surface area (Å²) < 4.78 is 0. The summed E-state index contributed by atoms with van der Waals surface area (Å²) in [6.45, 7) is 5.53. The van der Waals surface area contributed by atoms with Crippen molar-refractivity contribution in [3.8, 4) is 0 Å². The monoisotopic (exact) mass is 195 g/mol. The SMILES string of the molecule is CC1=CC=CC(O)(CC(=O)[O-])C1(C)C.